The van der Waals surface area contributed by atoms with Crippen molar-refractivity contribution in [1.29, 1.82) is 0 Å². The lowest BCUT2D eigenvalue weighted by Gasteiger charge is -2.12. The van der Waals surface area contributed by atoms with Crippen LogP contribution in [0.1, 0.15) is 0 Å². The summed E-state index contributed by atoms with van der Waals surface area (Å²) in [5.74, 6) is 0.966. The minimum atomic E-state index is 0.966. The Bertz CT molecular complexity index is 6380. The number of aromatic nitrogens is 5. The first kappa shape index (κ1) is 49.7. The molecule has 0 saturated heterocycles. The summed E-state index contributed by atoms with van der Waals surface area (Å²) in [7, 11) is 0. The maximum absolute atomic E-state index is 5.11. The van der Waals surface area contributed by atoms with Crippen molar-refractivity contribution in [3.8, 4) is 56.3 Å². The van der Waals surface area contributed by atoms with Gasteiger partial charge in [-0.2, -0.15) is 0 Å². The fourth-order valence-corrected chi connectivity index (χ4v) is 17.5. The van der Waals surface area contributed by atoms with Crippen LogP contribution in [0.3, 0.4) is 0 Å². The molecular weight excluding hydrogens is 1130 g/mol. The summed E-state index contributed by atoms with van der Waals surface area (Å²) in [5, 5.41) is 14.9. The molecule has 0 spiro atoms. The van der Waals surface area contributed by atoms with Gasteiger partial charge in [-0.15, -0.1) is 22.7 Å². The molecule has 13 aromatic carbocycles. The van der Waals surface area contributed by atoms with Crippen LogP contribution in [0.2, 0.25) is 0 Å². The Morgan fingerprint density at radius 3 is 1.41 bits per heavy atom. The summed E-state index contributed by atoms with van der Waals surface area (Å²) in [6, 6.07) is 108. The van der Waals surface area contributed by atoms with Crippen molar-refractivity contribution in [2.75, 3.05) is 0 Å². The van der Waals surface area contributed by atoms with E-state index in [1.165, 1.54) is 150 Å². The SMILES string of the molecule is c1cc(-c2cccc(-n3c4ccccc4c4cc(-n5c6ccccc6c6cc(-c7cccc8c7c7ccccc7n8-c7ccc8sc9c(-n%10c%11ccccc%11c%11ccccc%11%10)nccc9c8c7)ccc65)ccc43)c2)cc(-c2cccc3c2sc2ccccc23)c1. The molecule has 20 rings (SSSR count). The van der Waals surface area contributed by atoms with Crippen LogP contribution in [0, 0.1) is 0 Å². The molecule has 0 amide bonds. The maximum atomic E-state index is 5.11. The summed E-state index contributed by atoms with van der Waals surface area (Å²) in [6.45, 7) is 0. The smallest absolute Gasteiger partial charge is 0.155 e. The van der Waals surface area contributed by atoms with Crippen LogP contribution in [-0.4, -0.2) is 23.3 Å². The normalized spacial score (nSPS) is 12.2. The Hall–Kier alpha value is -11.4. The number of thiophene rings is 2. The predicted molar refractivity (Wildman–Crippen MR) is 384 cm³/mol. The number of pyridine rings is 1. The molecule has 0 aliphatic carbocycles. The van der Waals surface area contributed by atoms with E-state index in [0.29, 0.717) is 0 Å². The first-order valence-corrected chi connectivity index (χ1v) is 32.3. The molecule has 0 bridgehead atoms. The molecule has 418 valence electrons. The summed E-state index contributed by atoms with van der Waals surface area (Å²) in [4.78, 5) is 5.11. The molecule has 0 N–H and O–H groups in total. The zero-order valence-corrected chi connectivity index (χ0v) is 50.0. The van der Waals surface area contributed by atoms with E-state index in [0.717, 1.165) is 33.9 Å². The summed E-state index contributed by atoms with van der Waals surface area (Å²) in [6.07, 6.45) is 1.98. The Kier molecular flexibility index (Phi) is 10.5. The van der Waals surface area contributed by atoms with Gasteiger partial charge in [0.25, 0.3) is 0 Å². The minimum absolute atomic E-state index is 0.966. The topological polar surface area (TPSA) is 32.6 Å². The van der Waals surface area contributed by atoms with Gasteiger partial charge in [0.05, 0.1) is 48.8 Å². The van der Waals surface area contributed by atoms with E-state index in [2.05, 4.69) is 309 Å². The fourth-order valence-electron chi connectivity index (χ4n) is 15.1. The van der Waals surface area contributed by atoms with E-state index in [-0.39, 0.29) is 0 Å². The van der Waals surface area contributed by atoms with E-state index in [9.17, 15) is 0 Å². The highest BCUT2D eigenvalue weighted by Gasteiger charge is 2.23. The zero-order chi connectivity index (χ0) is 58.7. The molecule has 7 aromatic heterocycles. The lowest BCUT2D eigenvalue weighted by Crippen LogP contribution is -1.97. The highest BCUT2D eigenvalue weighted by Crippen LogP contribution is 2.46. The van der Waals surface area contributed by atoms with Crippen molar-refractivity contribution in [3.63, 3.8) is 0 Å². The number of rotatable bonds is 7. The van der Waals surface area contributed by atoms with E-state index < -0.39 is 0 Å². The van der Waals surface area contributed by atoms with Crippen molar-refractivity contribution in [2.45, 2.75) is 0 Å². The van der Waals surface area contributed by atoms with Gasteiger partial charge in [0.2, 0.25) is 0 Å². The average Bonchev–Trinajstić information content (AvgIpc) is 1.63. The monoisotopic (exact) mass is 1180 g/mol. The fraction of sp³-hybridized carbons (Fsp3) is 0. The Morgan fingerprint density at radius 2 is 0.678 bits per heavy atom. The molecule has 0 fully saturated rings. The Balaban J connectivity index is 0.689. The van der Waals surface area contributed by atoms with Gasteiger partial charge < -0.3 is 13.7 Å². The highest BCUT2D eigenvalue weighted by atomic mass is 32.1. The molecular formula is C83H49N5S2. The number of hydrogen-bond donors (Lipinski definition) is 0. The largest absolute Gasteiger partial charge is 0.309 e. The van der Waals surface area contributed by atoms with E-state index >= 15 is 0 Å². The number of nitrogens with zero attached hydrogens (tertiary/aromatic N) is 5. The zero-order valence-electron chi connectivity index (χ0n) is 48.3. The quantitative estimate of drug-likeness (QED) is 0.157. The molecule has 0 radical (unpaired) electrons. The van der Waals surface area contributed by atoms with Crippen molar-refractivity contribution < 1.29 is 0 Å². The molecule has 0 unspecified atom stereocenters. The molecule has 0 aliphatic heterocycles. The number of para-hydroxylation sites is 5. The van der Waals surface area contributed by atoms with Crippen LogP contribution >= 0.6 is 22.7 Å². The second-order valence-electron chi connectivity index (χ2n) is 23.8. The minimum Gasteiger partial charge on any atom is -0.309 e. The number of hydrogen-bond acceptors (Lipinski definition) is 3. The first-order chi connectivity index (χ1) is 44.6. The van der Waals surface area contributed by atoms with Gasteiger partial charge in [-0.25, -0.2) is 4.98 Å². The number of benzene rings is 13. The molecule has 0 saturated carbocycles. The standard InChI is InChI=1S/C83H49N5S2/c1-9-32-72-59(21-1)60-22-2-10-33-73(60)88(72)83-82-65(43-44-84-83)69-49-56(39-42-79(69)90-82)87-74-34-11-5-26-66(74)80-57(27-16-35-77(80)87)53-37-40-75-67(47-53)61-23-3-7-30-70(61)86(75)55-38-41-76-68(48-55)62-24-4-8-31-71(62)85(76)54-20-14-18-51(46-54)50-17-13-19-52(45-50)58-28-15-29-64-63-25-6-12-36-78(63)89-81(58)64/h1-49H. The molecule has 0 aliphatic rings. The van der Waals surface area contributed by atoms with Gasteiger partial charge in [-0.05, 0) is 149 Å². The summed E-state index contributed by atoms with van der Waals surface area (Å²) in [5.41, 5.74) is 20.0. The van der Waals surface area contributed by atoms with Crippen LogP contribution in [0.5, 0.6) is 0 Å². The Labute approximate surface area is 523 Å². The van der Waals surface area contributed by atoms with Gasteiger partial charge in [0.15, 0.2) is 5.82 Å². The first-order valence-electron chi connectivity index (χ1n) is 30.7. The lowest BCUT2D eigenvalue weighted by molar-refractivity contribution is 1.11. The molecule has 20 aromatic rings. The molecule has 5 nitrogen and oxygen atoms in total. The third-order valence-electron chi connectivity index (χ3n) is 19.0. The van der Waals surface area contributed by atoms with E-state index in [1.807, 2.05) is 28.9 Å². The second-order valence-corrected chi connectivity index (χ2v) is 25.9. The van der Waals surface area contributed by atoms with Crippen molar-refractivity contribution >= 4 is 150 Å². The lowest BCUT2D eigenvalue weighted by atomic mass is 9.97. The van der Waals surface area contributed by atoms with Crippen LogP contribution < -0.4 is 0 Å². The van der Waals surface area contributed by atoms with Gasteiger partial charge in [-0.1, -0.05) is 176 Å². The average molecular weight is 1180 g/mol. The molecule has 7 heterocycles. The van der Waals surface area contributed by atoms with Gasteiger partial charge in [0, 0.05) is 102 Å². The number of fused-ring (bicyclic) bond motifs is 18. The Morgan fingerprint density at radius 1 is 0.233 bits per heavy atom. The van der Waals surface area contributed by atoms with Crippen LogP contribution in [0.25, 0.3) is 184 Å². The maximum Gasteiger partial charge on any atom is 0.155 e. The predicted octanol–water partition coefficient (Wildman–Crippen LogP) is 23.2. The van der Waals surface area contributed by atoms with Crippen molar-refractivity contribution in [2.24, 2.45) is 0 Å². The van der Waals surface area contributed by atoms with Gasteiger partial charge >= 0.3 is 0 Å². The van der Waals surface area contributed by atoms with E-state index in [1.54, 1.807) is 0 Å². The third-order valence-corrected chi connectivity index (χ3v) is 21.4. The molecule has 90 heavy (non-hydrogen) atoms. The van der Waals surface area contributed by atoms with Crippen LogP contribution in [0.4, 0.5) is 0 Å². The van der Waals surface area contributed by atoms with Crippen LogP contribution in [-0.2, 0) is 0 Å². The van der Waals surface area contributed by atoms with Gasteiger partial charge in [-0.3, -0.25) is 4.57 Å². The summed E-state index contributed by atoms with van der Waals surface area (Å²) >= 11 is 3.71. The summed E-state index contributed by atoms with van der Waals surface area (Å²) < 4.78 is 14.8. The van der Waals surface area contributed by atoms with Gasteiger partial charge in [0.1, 0.15) is 0 Å². The highest BCUT2D eigenvalue weighted by molar-refractivity contribution is 7.26. The van der Waals surface area contributed by atoms with Crippen molar-refractivity contribution in [1.82, 2.24) is 23.3 Å². The third kappa shape index (κ3) is 7.15. The van der Waals surface area contributed by atoms with Crippen LogP contribution in [0.15, 0.2) is 297 Å². The second kappa shape index (κ2) is 19.1. The van der Waals surface area contributed by atoms with Crippen molar-refractivity contribution in [3.05, 3.63) is 297 Å². The molecule has 0 atom stereocenters. The van der Waals surface area contributed by atoms with E-state index in [4.69, 9.17) is 4.98 Å². The molecule has 7 heteroatoms.